The molecule has 2 heterocycles. The van der Waals surface area contributed by atoms with Gasteiger partial charge in [0, 0.05) is 6.20 Å². The van der Waals surface area contributed by atoms with Gasteiger partial charge in [-0.1, -0.05) is 25.4 Å². The number of aliphatic hydroxyl groups is 1. The number of rotatable bonds is 2. The second kappa shape index (κ2) is 4.68. The molecule has 19 heavy (non-hydrogen) atoms. The molecule has 0 aliphatic heterocycles. The minimum Gasteiger partial charge on any atom is -0.390 e. The van der Waals surface area contributed by atoms with Gasteiger partial charge in [-0.2, -0.15) is 13.2 Å². The van der Waals surface area contributed by atoms with E-state index in [1.54, 1.807) is 0 Å². The van der Waals surface area contributed by atoms with Gasteiger partial charge in [-0.3, -0.25) is 4.40 Å². The zero-order chi connectivity index (χ0) is 14.4. The number of alkyl halides is 3. The monoisotopic (exact) mass is 292 g/mol. The van der Waals surface area contributed by atoms with E-state index in [0.717, 1.165) is 12.3 Å². The molecule has 0 unspecified atom stereocenters. The Morgan fingerprint density at radius 1 is 1.42 bits per heavy atom. The molecule has 2 aromatic rings. The second-order valence-corrected chi connectivity index (χ2v) is 4.93. The molecule has 0 spiro atoms. The number of nitrogens with zero attached hydrogens (tertiary/aromatic N) is 2. The van der Waals surface area contributed by atoms with Gasteiger partial charge in [0.2, 0.25) is 0 Å². The maximum Gasteiger partial charge on any atom is 0.417 e. The minimum atomic E-state index is -4.49. The van der Waals surface area contributed by atoms with Crippen LogP contribution in [0.1, 0.15) is 36.7 Å². The average Bonchev–Trinajstić information content (AvgIpc) is 2.66. The van der Waals surface area contributed by atoms with Gasteiger partial charge in [0.25, 0.3) is 0 Å². The molecule has 0 saturated heterocycles. The van der Waals surface area contributed by atoms with E-state index in [1.165, 1.54) is 4.40 Å². The first-order chi connectivity index (χ1) is 8.75. The number of aliphatic hydroxyl groups excluding tert-OH is 1. The highest BCUT2D eigenvalue weighted by Gasteiger charge is 2.32. The van der Waals surface area contributed by atoms with Crippen LogP contribution in [0.25, 0.3) is 5.65 Å². The van der Waals surface area contributed by atoms with Gasteiger partial charge in [0.1, 0.15) is 0 Å². The van der Waals surface area contributed by atoms with Crippen LogP contribution >= 0.6 is 11.6 Å². The average molecular weight is 293 g/mol. The fourth-order valence-corrected chi connectivity index (χ4v) is 2.19. The third kappa shape index (κ3) is 2.42. The summed E-state index contributed by atoms with van der Waals surface area (Å²) in [4.78, 5) is 4.21. The van der Waals surface area contributed by atoms with Gasteiger partial charge in [0.05, 0.1) is 28.6 Å². The number of aromatic nitrogens is 2. The Balaban J connectivity index is 2.79. The van der Waals surface area contributed by atoms with Crippen LogP contribution in [0.5, 0.6) is 0 Å². The summed E-state index contributed by atoms with van der Waals surface area (Å²) in [6, 6.07) is 0.842. The minimum absolute atomic E-state index is 0.0209. The van der Waals surface area contributed by atoms with E-state index >= 15 is 0 Å². The number of hydrogen-bond donors (Lipinski definition) is 1. The normalized spacial score (nSPS) is 12.6. The van der Waals surface area contributed by atoms with Gasteiger partial charge < -0.3 is 5.11 Å². The molecule has 0 saturated carbocycles. The summed E-state index contributed by atoms with van der Waals surface area (Å²) >= 11 is 5.85. The Kier molecular flexibility index (Phi) is 3.49. The fourth-order valence-electron chi connectivity index (χ4n) is 1.94. The smallest absolute Gasteiger partial charge is 0.390 e. The molecule has 3 nitrogen and oxygen atoms in total. The van der Waals surface area contributed by atoms with Gasteiger partial charge in [-0.25, -0.2) is 4.98 Å². The predicted octanol–water partition coefficient (Wildman–Crippen LogP) is 3.62. The SMILES string of the molecule is CC(C)c1nc2c(Cl)cc(C(F)(F)F)cn2c1CO. The van der Waals surface area contributed by atoms with Crippen molar-refractivity contribution in [2.45, 2.75) is 32.5 Å². The summed E-state index contributed by atoms with van der Waals surface area (Å²) in [6.45, 7) is 3.30. The fraction of sp³-hybridized carbons (Fsp3) is 0.417. The van der Waals surface area contributed by atoms with Gasteiger partial charge in [0.15, 0.2) is 5.65 Å². The van der Waals surface area contributed by atoms with Crippen molar-refractivity contribution in [3.05, 3.63) is 34.2 Å². The van der Waals surface area contributed by atoms with Crippen LogP contribution in [-0.2, 0) is 12.8 Å². The molecule has 104 valence electrons. The van der Waals surface area contributed by atoms with Crippen molar-refractivity contribution in [1.82, 2.24) is 9.38 Å². The molecule has 0 bridgehead atoms. The number of pyridine rings is 1. The zero-order valence-electron chi connectivity index (χ0n) is 10.3. The van der Waals surface area contributed by atoms with E-state index in [2.05, 4.69) is 4.98 Å². The van der Waals surface area contributed by atoms with Crippen molar-refractivity contribution in [3.8, 4) is 0 Å². The Labute approximate surface area is 112 Å². The lowest BCUT2D eigenvalue weighted by molar-refractivity contribution is -0.137. The summed E-state index contributed by atoms with van der Waals surface area (Å²) in [5.74, 6) is -0.0209. The zero-order valence-corrected chi connectivity index (χ0v) is 11.0. The summed E-state index contributed by atoms with van der Waals surface area (Å²) in [5, 5.41) is 9.27. The maximum atomic E-state index is 12.7. The number of halogens is 4. The van der Waals surface area contributed by atoms with Crippen molar-refractivity contribution in [3.63, 3.8) is 0 Å². The van der Waals surface area contributed by atoms with E-state index in [9.17, 15) is 18.3 Å². The van der Waals surface area contributed by atoms with E-state index in [1.807, 2.05) is 13.8 Å². The third-order valence-electron chi connectivity index (χ3n) is 2.83. The molecule has 7 heteroatoms. The van der Waals surface area contributed by atoms with E-state index in [-0.39, 0.29) is 16.6 Å². The Morgan fingerprint density at radius 3 is 2.53 bits per heavy atom. The Morgan fingerprint density at radius 2 is 2.05 bits per heavy atom. The highest BCUT2D eigenvalue weighted by atomic mass is 35.5. The number of fused-ring (bicyclic) bond motifs is 1. The topological polar surface area (TPSA) is 37.5 Å². The summed E-state index contributed by atoms with van der Waals surface area (Å²) < 4.78 is 39.4. The molecule has 1 N–H and O–H groups in total. The van der Waals surface area contributed by atoms with Gasteiger partial charge >= 0.3 is 6.18 Å². The Hall–Kier alpha value is -1.27. The van der Waals surface area contributed by atoms with Crippen molar-refractivity contribution < 1.29 is 18.3 Å². The molecule has 0 atom stereocenters. The molecule has 0 aromatic carbocycles. The summed E-state index contributed by atoms with van der Waals surface area (Å²) in [5.41, 5.74) is 0.233. The van der Waals surface area contributed by atoms with Gasteiger partial charge in [-0.05, 0) is 12.0 Å². The van der Waals surface area contributed by atoms with E-state index < -0.39 is 18.3 Å². The van der Waals surface area contributed by atoms with E-state index in [0.29, 0.717) is 11.4 Å². The maximum absolute atomic E-state index is 12.7. The standard InChI is InChI=1S/C12H12ClF3N2O/c1-6(2)10-9(5-19)18-4-7(12(14,15)16)3-8(13)11(18)17-10/h3-4,6,19H,5H2,1-2H3. The molecule has 2 rings (SSSR count). The quantitative estimate of drug-likeness (QED) is 0.918. The van der Waals surface area contributed by atoms with Crippen LogP contribution in [0.15, 0.2) is 12.3 Å². The van der Waals surface area contributed by atoms with Crippen molar-refractivity contribution >= 4 is 17.2 Å². The number of imidazole rings is 1. The molecule has 2 aromatic heterocycles. The van der Waals surface area contributed by atoms with Crippen LogP contribution in [-0.4, -0.2) is 14.5 Å². The summed E-state index contributed by atoms with van der Waals surface area (Å²) in [7, 11) is 0. The largest absolute Gasteiger partial charge is 0.417 e. The third-order valence-corrected chi connectivity index (χ3v) is 3.11. The van der Waals surface area contributed by atoms with Crippen LogP contribution in [0.4, 0.5) is 13.2 Å². The summed E-state index contributed by atoms with van der Waals surface area (Å²) in [6.07, 6.45) is -3.58. The van der Waals surface area contributed by atoms with Crippen LogP contribution in [0.3, 0.4) is 0 Å². The molecule has 0 fully saturated rings. The second-order valence-electron chi connectivity index (χ2n) is 4.52. The first-order valence-electron chi connectivity index (χ1n) is 5.64. The molecular weight excluding hydrogens is 281 g/mol. The van der Waals surface area contributed by atoms with Crippen LogP contribution in [0, 0.1) is 0 Å². The lowest BCUT2D eigenvalue weighted by atomic mass is 10.1. The molecule has 0 aliphatic rings. The van der Waals surface area contributed by atoms with Crippen LogP contribution in [0.2, 0.25) is 5.02 Å². The lowest BCUT2D eigenvalue weighted by Crippen LogP contribution is -2.07. The molecule has 0 radical (unpaired) electrons. The molecule has 0 aliphatic carbocycles. The lowest BCUT2D eigenvalue weighted by Gasteiger charge is -2.09. The predicted molar refractivity (Wildman–Crippen MR) is 65.2 cm³/mol. The van der Waals surface area contributed by atoms with E-state index in [4.69, 9.17) is 11.6 Å². The van der Waals surface area contributed by atoms with Crippen molar-refractivity contribution in [1.29, 1.82) is 0 Å². The number of hydrogen-bond acceptors (Lipinski definition) is 2. The first kappa shape index (κ1) is 14.1. The molecule has 0 amide bonds. The highest BCUT2D eigenvalue weighted by Crippen LogP contribution is 2.33. The molecular formula is C12H12ClF3N2O. The first-order valence-corrected chi connectivity index (χ1v) is 6.02. The highest BCUT2D eigenvalue weighted by molar-refractivity contribution is 6.33. The van der Waals surface area contributed by atoms with Crippen molar-refractivity contribution in [2.24, 2.45) is 0 Å². The van der Waals surface area contributed by atoms with Crippen molar-refractivity contribution in [2.75, 3.05) is 0 Å². The Bertz CT molecular complexity index is 619. The van der Waals surface area contributed by atoms with Gasteiger partial charge in [-0.15, -0.1) is 0 Å². The van der Waals surface area contributed by atoms with Crippen LogP contribution < -0.4 is 0 Å².